The molecule has 118 valence electrons. The third-order valence-corrected chi connectivity index (χ3v) is 5.08. The first-order valence-electron chi connectivity index (χ1n) is 6.63. The number of ether oxygens (including phenoxy) is 1. The number of carbonyl (C=O) groups is 1. The molecule has 0 unspecified atom stereocenters. The number of methoxy groups -OCH3 is 1. The number of thioether (sulfide) groups is 1. The maximum absolute atomic E-state index is 12.1. The van der Waals surface area contributed by atoms with Gasteiger partial charge in [0.2, 0.25) is 0 Å². The molecule has 7 nitrogen and oxygen atoms in total. The molecule has 23 heavy (non-hydrogen) atoms. The van der Waals surface area contributed by atoms with Crippen molar-refractivity contribution in [2.24, 2.45) is 7.05 Å². The summed E-state index contributed by atoms with van der Waals surface area (Å²) in [6.45, 7) is 0. The fourth-order valence-corrected chi connectivity index (χ4v) is 3.73. The Kier molecular flexibility index (Phi) is 4.68. The van der Waals surface area contributed by atoms with Crippen LogP contribution in [-0.4, -0.2) is 37.8 Å². The highest BCUT2D eigenvalue weighted by molar-refractivity contribution is 8.00. The molecule has 0 bridgehead atoms. The van der Waals surface area contributed by atoms with E-state index in [4.69, 9.17) is 4.74 Å². The van der Waals surface area contributed by atoms with E-state index in [0.717, 1.165) is 5.56 Å². The predicted molar refractivity (Wildman–Crippen MR) is 87.0 cm³/mol. The first kappa shape index (κ1) is 15.6. The largest absolute Gasteiger partial charge is 0.468 e. The summed E-state index contributed by atoms with van der Waals surface area (Å²) in [6, 6.07) is 1.90. The predicted octanol–water partition coefficient (Wildman–Crippen LogP) is 2.34. The summed E-state index contributed by atoms with van der Waals surface area (Å²) >= 11 is 2.82. The van der Waals surface area contributed by atoms with Crippen molar-refractivity contribution >= 4 is 29.1 Å². The molecule has 0 fully saturated rings. The zero-order valence-corrected chi connectivity index (χ0v) is 14.0. The zero-order valence-electron chi connectivity index (χ0n) is 12.4. The minimum Gasteiger partial charge on any atom is -0.468 e. The lowest BCUT2D eigenvalue weighted by molar-refractivity contribution is -0.140. The summed E-state index contributed by atoms with van der Waals surface area (Å²) < 4.78 is 6.69. The van der Waals surface area contributed by atoms with Crippen molar-refractivity contribution in [3.05, 3.63) is 41.0 Å². The first-order chi connectivity index (χ1) is 11.2. The molecule has 0 saturated carbocycles. The van der Waals surface area contributed by atoms with E-state index < -0.39 is 5.25 Å². The molecular weight excluding hydrogens is 334 g/mol. The fraction of sp³-hybridized carbons (Fsp3) is 0.214. The summed E-state index contributed by atoms with van der Waals surface area (Å²) in [4.78, 5) is 20.3. The van der Waals surface area contributed by atoms with Crippen LogP contribution >= 0.6 is 23.1 Å². The Morgan fingerprint density at radius 1 is 1.39 bits per heavy atom. The first-order valence-corrected chi connectivity index (χ1v) is 8.45. The van der Waals surface area contributed by atoms with Crippen LogP contribution in [0.2, 0.25) is 0 Å². The highest BCUT2D eigenvalue weighted by atomic mass is 32.2. The number of hydrogen-bond donors (Lipinski definition) is 0. The van der Waals surface area contributed by atoms with Crippen molar-refractivity contribution in [1.29, 1.82) is 0 Å². The Labute approximate surface area is 140 Å². The highest BCUT2D eigenvalue weighted by Crippen LogP contribution is 2.36. The Balaban J connectivity index is 1.90. The van der Waals surface area contributed by atoms with Gasteiger partial charge in [0.15, 0.2) is 11.0 Å². The lowest BCUT2D eigenvalue weighted by Gasteiger charge is -2.12. The molecule has 3 heterocycles. The summed E-state index contributed by atoms with van der Waals surface area (Å²) in [5.74, 6) is 0.270. The average molecular weight is 347 g/mol. The smallest absolute Gasteiger partial charge is 0.323 e. The molecule has 0 aliphatic heterocycles. The Morgan fingerprint density at radius 2 is 2.26 bits per heavy atom. The molecule has 0 aliphatic rings. The minimum absolute atomic E-state index is 0.322. The second-order valence-electron chi connectivity index (χ2n) is 4.53. The maximum atomic E-state index is 12.1. The van der Waals surface area contributed by atoms with Crippen LogP contribution in [0.3, 0.4) is 0 Å². The third kappa shape index (κ3) is 3.25. The SMILES string of the molecule is COC(=O)[C@@H](Sc1nnc(-c2cnccn2)n1C)c1ccsc1. The van der Waals surface area contributed by atoms with Gasteiger partial charge in [-0.15, -0.1) is 10.2 Å². The molecule has 0 N–H and O–H groups in total. The molecule has 0 spiro atoms. The topological polar surface area (TPSA) is 82.8 Å². The Hall–Kier alpha value is -2.26. The molecule has 0 amide bonds. The lowest BCUT2D eigenvalue weighted by Crippen LogP contribution is -2.11. The van der Waals surface area contributed by atoms with Crippen molar-refractivity contribution in [1.82, 2.24) is 24.7 Å². The van der Waals surface area contributed by atoms with Gasteiger partial charge in [0.25, 0.3) is 0 Å². The van der Waals surface area contributed by atoms with Gasteiger partial charge in [-0.2, -0.15) is 11.3 Å². The van der Waals surface area contributed by atoms with Gasteiger partial charge in [0, 0.05) is 19.4 Å². The second kappa shape index (κ2) is 6.88. The lowest BCUT2D eigenvalue weighted by atomic mass is 10.2. The number of nitrogens with zero attached hydrogens (tertiary/aromatic N) is 5. The fourth-order valence-electron chi connectivity index (χ4n) is 1.94. The van der Waals surface area contributed by atoms with Crippen LogP contribution in [0.15, 0.2) is 40.6 Å². The van der Waals surface area contributed by atoms with Gasteiger partial charge in [-0.05, 0) is 22.4 Å². The minimum atomic E-state index is -0.483. The number of esters is 1. The Bertz CT molecular complexity index is 789. The quantitative estimate of drug-likeness (QED) is 0.517. The van der Waals surface area contributed by atoms with Crippen LogP contribution in [-0.2, 0) is 16.6 Å². The van der Waals surface area contributed by atoms with Crippen LogP contribution in [0.1, 0.15) is 10.8 Å². The zero-order chi connectivity index (χ0) is 16.2. The van der Waals surface area contributed by atoms with Crippen molar-refractivity contribution in [2.75, 3.05) is 7.11 Å². The van der Waals surface area contributed by atoms with Gasteiger partial charge in [-0.1, -0.05) is 11.8 Å². The molecule has 9 heteroatoms. The van der Waals surface area contributed by atoms with Gasteiger partial charge >= 0.3 is 5.97 Å². The van der Waals surface area contributed by atoms with Crippen molar-refractivity contribution in [3.63, 3.8) is 0 Å². The number of rotatable bonds is 5. The molecule has 0 aromatic carbocycles. The summed E-state index contributed by atoms with van der Waals surface area (Å²) in [5.41, 5.74) is 1.51. The monoisotopic (exact) mass is 347 g/mol. The molecule has 3 aromatic heterocycles. The number of hydrogen-bond acceptors (Lipinski definition) is 8. The number of carbonyl (C=O) groups excluding carboxylic acids is 1. The van der Waals surface area contributed by atoms with Crippen LogP contribution in [0.4, 0.5) is 0 Å². The van der Waals surface area contributed by atoms with Crippen LogP contribution in [0, 0.1) is 0 Å². The van der Waals surface area contributed by atoms with E-state index >= 15 is 0 Å². The number of aromatic nitrogens is 5. The average Bonchev–Trinajstić information content (AvgIpc) is 3.23. The number of thiophene rings is 1. The van der Waals surface area contributed by atoms with Crippen molar-refractivity contribution < 1.29 is 9.53 Å². The van der Waals surface area contributed by atoms with Gasteiger partial charge < -0.3 is 9.30 Å². The molecule has 3 aromatic rings. The molecule has 0 radical (unpaired) electrons. The maximum Gasteiger partial charge on any atom is 0.323 e. The normalized spacial score (nSPS) is 12.1. The van der Waals surface area contributed by atoms with E-state index in [2.05, 4.69) is 20.2 Å². The molecule has 1 atom stereocenters. The molecular formula is C14H13N5O2S2. The van der Waals surface area contributed by atoms with Crippen molar-refractivity contribution in [2.45, 2.75) is 10.4 Å². The van der Waals surface area contributed by atoms with E-state index in [-0.39, 0.29) is 5.97 Å². The Morgan fingerprint density at radius 3 is 2.91 bits per heavy atom. The van der Waals surface area contributed by atoms with Gasteiger partial charge in [-0.3, -0.25) is 9.78 Å². The highest BCUT2D eigenvalue weighted by Gasteiger charge is 2.26. The standard InChI is InChI=1S/C14H13N5O2S2/c1-19-12(10-7-15-4-5-16-10)17-18-14(19)23-11(13(20)21-2)9-3-6-22-8-9/h3-8,11H,1-2H3/t11-/m0/s1. The summed E-state index contributed by atoms with van der Waals surface area (Å²) in [7, 11) is 3.21. The van der Waals surface area contributed by atoms with E-state index in [1.165, 1.54) is 30.2 Å². The van der Waals surface area contributed by atoms with Gasteiger partial charge in [-0.25, -0.2) is 4.98 Å². The molecule has 0 saturated heterocycles. The van der Waals surface area contributed by atoms with E-state index in [1.807, 2.05) is 23.9 Å². The summed E-state index contributed by atoms with van der Waals surface area (Å²) in [5, 5.41) is 12.3. The van der Waals surface area contributed by atoms with Gasteiger partial charge in [0.1, 0.15) is 10.9 Å². The third-order valence-electron chi connectivity index (χ3n) is 3.11. The van der Waals surface area contributed by atoms with Crippen LogP contribution < -0.4 is 0 Å². The summed E-state index contributed by atoms with van der Waals surface area (Å²) in [6.07, 6.45) is 4.81. The molecule has 3 rings (SSSR count). The van der Waals surface area contributed by atoms with Crippen molar-refractivity contribution in [3.8, 4) is 11.5 Å². The van der Waals surface area contributed by atoms with E-state index in [9.17, 15) is 4.79 Å². The van der Waals surface area contributed by atoms with Crippen LogP contribution in [0.5, 0.6) is 0 Å². The van der Waals surface area contributed by atoms with E-state index in [0.29, 0.717) is 16.7 Å². The molecule has 0 aliphatic carbocycles. The van der Waals surface area contributed by atoms with Gasteiger partial charge in [0.05, 0.1) is 13.3 Å². The van der Waals surface area contributed by atoms with E-state index in [1.54, 1.807) is 23.2 Å². The van der Waals surface area contributed by atoms with Crippen LogP contribution in [0.25, 0.3) is 11.5 Å². The second-order valence-corrected chi connectivity index (χ2v) is 6.39.